The van der Waals surface area contributed by atoms with E-state index in [1.165, 1.54) is 29.2 Å². The fraction of sp³-hybridized carbons (Fsp3) is 0.250. The van der Waals surface area contributed by atoms with Crippen molar-refractivity contribution in [1.82, 2.24) is 10.2 Å². The number of fused-ring (bicyclic) bond motifs is 1. The van der Waals surface area contributed by atoms with Crippen molar-refractivity contribution in [3.63, 3.8) is 0 Å². The molecular weight excluding hydrogens is 394 g/mol. The highest BCUT2D eigenvalue weighted by molar-refractivity contribution is 8.02. The summed E-state index contributed by atoms with van der Waals surface area (Å²) in [6, 6.07) is 6.64. The molecule has 10 heteroatoms. The highest BCUT2D eigenvalue weighted by Gasteiger charge is 2.11. The average Bonchev–Trinajstić information content (AvgIpc) is 3.07. The number of hydrogen-bond acceptors (Lipinski definition) is 9. The van der Waals surface area contributed by atoms with Crippen molar-refractivity contribution in [2.75, 3.05) is 18.2 Å². The first-order chi connectivity index (χ1) is 12.6. The Labute approximate surface area is 161 Å². The molecule has 1 aromatic carbocycles. The fourth-order valence-corrected chi connectivity index (χ4v) is 4.62. The van der Waals surface area contributed by atoms with Crippen LogP contribution in [0.4, 0.5) is 10.5 Å². The van der Waals surface area contributed by atoms with Gasteiger partial charge in [0.2, 0.25) is 0 Å². The third-order valence-electron chi connectivity index (χ3n) is 3.27. The van der Waals surface area contributed by atoms with Gasteiger partial charge in [0.05, 0.1) is 6.61 Å². The Morgan fingerprint density at radius 2 is 2.12 bits per heavy atom. The maximum absolute atomic E-state index is 11.9. The van der Waals surface area contributed by atoms with Crippen LogP contribution in [0.1, 0.15) is 12.5 Å². The van der Waals surface area contributed by atoms with Gasteiger partial charge in [-0.25, -0.2) is 9.59 Å². The van der Waals surface area contributed by atoms with E-state index >= 15 is 0 Å². The SMILES string of the molecule is CCOC(=O)Nc1ccc2c(CSc3nnc(SC)s3)cc(=O)oc2c1. The Bertz CT molecular complexity index is 986. The predicted molar refractivity (Wildman–Crippen MR) is 104 cm³/mol. The lowest BCUT2D eigenvalue weighted by Gasteiger charge is -2.08. The van der Waals surface area contributed by atoms with Gasteiger partial charge in [-0.15, -0.1) is 10.2 Å². The summed E-state index contributed by atoms with van der Waals surface area (Å²) in [6.07, 6.45) is 1.40. The minimum atomic E-state index is -0.554. The molecule has 0 atom stereocenters. The normalized spacial score (nSPS) is 10.8. The smallest absolute Gasteiger partial charge is 0.411 e. The first-order valence-corrected chi connectivity index (χ1v) is 10.6. The van der Waals surface area contributed by atoms with Crippen molar-refractivity contribution in [2.24, 2.45) is 0 Å². The van der Waals surface area contributed by atoms with E-state index < -0.39 is 11.7 Å². The van der Waals surface area contributed by atoms with E-state index in [2.05, 4.69) is 15.5 Å². The molecule has 2 aromatic heterocycles. The Morgan fingerprint density at radius 3 is 2.85 bits per heavy atom. The molecule has 2 heterocycles. The van der Waals surface area contributed by atoms with Crippen molar-refractivity contribution >= 4 is 57.6 Å². The van der Waals surface area contributed by atoms with Gasteiger partial charge in [0.25, 0.3) is 0 Å². The number of rotatable bonds is 6. The van der Waals surface area contributed by atoms with Crippen LogP contribution in [0.15, 0.2) is 42.2 Å². The average molecular weight is 410 g/mol. The van der Waals surface area contributed by atoms with Gasteiger partial charge in [0, 0.05) is 29.0 Å². The summed E-state index contributed by atoms with van der Waals surface area (Å²) < 4.78 is 11.9. The molecule has 136 valence electrons. The molecule has 0 aliphatic rings. The summed E-state index contributed by atoms with van der Waals surface area (Å²) >= 11 is 4.58. The lowest BCUT2D eigenvalue weighted by molar-refractivity contribution is 0.168. The minimum absolute atomic E-state index is 0.278. The van der Waals surface area contributed by atoms with Gasteiger partial charge in [-0.1, -0.05) is 34.9 Å². The Balaban J connectivity index is 1.83. The van der Waals surface area contributed by atoms with Crippen molar-refractivity contribution in [2.45, 2.75) is 21.4 Å². The number of ether oxygens (including phenoxy) is 1. The molecule has 0 saturated carbocycles. The molecule has 0 aliphatic heterocycles. The second kappa shape index (κ2) is 8.56. The summed E-state index contributed by atoms with van der Waals surface area (Å²) in [5.41, 5.74) is 1.30. The van der Waals surface area contributed by atoms with Crippen LogP contribution in [0.25, 0.3) is 11.0 Å². The van der Waals surface area contributed by atoms with E-state index in [0.29, 0.717) is 17.0 Å². The molecule has 26 heavy (non-hydrogen) atoms. The second-order valence-electron chi connectivity index (χ2n) is 4.97. The van der Waals surface area contributed by atoms with E-state index in [0.717, 1.165) is 19.6 Å². The number of nitrogens with one attached hydrogen (secondary N) is 1. The Kier molecular flexibility index (Phi) is 6.17. The van der Waals surface area contributed by atoms with Gasteiger partial charge in [0.1, 0.15) is 5.58 Å². The minimum Gasteiger partial charge on any atom is -0.450 e. The monoisotopic (exact) mass is 409 g/mol. The van der Waals surface area contributed by atoms with Gasteiger partial charge in [-0.2, -0.15) is 0 Å². The summed E-state index contributed by atoms with van der Waals surface area (Å²) in [5.74, 6) is 0.565. The number of carbonyl (C=O) groups is 1. The Hall–Kier alpha value is -2.04. The highest BCUT2D eigenvalue weighted by Crippen LogP contribution is 2.31. The highest BCUT2D eigenvalue weighted by atomic mass is 32.2. The third kappa shape index (κ3) is 4.57. The third-order valence-corrected chi connectivity index (χ3v) is 6.35. The number of benzene rings is 1. The number of nitrogens with zero attached hydrogens (tertiary/aromatic N) is 2. The summed E-state index contributed by atoms with van der Waals surface area (Å²) in [5, 5.41) is 11.6. The van der Waals surface area contributed by atoms with Crippen LogP contribution in [0, 0.1) is 0 Å². The van der Waals surface area contributed by atoms with Crippen LogP contribution in [-0.4, -0.2) is 29.2 Å². The maximum atomic E-state index is 11.9. The molecule has 0 unspecified atom stereocenters. The predicted octanol–water partition coefficient (Wildman–Crippen LogP) is 4.23. The van der Waals surface area contributed by atoms with Gasteiger partial charge in [-0.05, 0) is 30.9 Å². The molecular formula is C16H15N3O4S3. The van der Waals surface area contributed by atoms with Crippen molar-refractivity contribution in [3.05, 3.63) is 40.2 Å². The zero-order valence-electron chi connectivity index (χ0n) is 14.0. The van der Waals surface area contributed by atoms with Crippen molar-refractivity contribution in [3.8, 4) is 0 Å². The van der Waals surface area contributed by atoms with E-state index in [9.17, 15) is 9.59 Å². The molecule has 0 saturated heterocycles. The van der Waals surface area contributed by atoms with Gasteiger partial charge in [0.15, 0.2) is 8.68 Å². The number of thioether (sulfide) groups is 2. The van der Waals surface area contributed by atoms with Crippen LogP contribution in [0.5, 0.6) is 0 Å². The fourth-order valence-electron chi connectivity index (χ4n) is 2.19. The van der Waals surface area contributed by atoms with E-state index in [1.54, 1.807) is 30.8 Å². The van der Waals surface area contributed by atoms with Gasteiger partial charge in [-0.3, -0.25) is 5.32 Å². The molecule has 3 rings (SSSR count). The molecule has 0 fully saturated rings. The second-order valence-corrected chi connectivity index (χ2v) is 8.23. The molecule has 0 spiro atoms. The summed E-state index contributed by atoms with van der Waals surface area (Å²) in [7, 11) is 0. The van der Waals surface area contributed by atoms with Crippen LogP contribution in [0.3, 0.4) is 0 Å². The number of aromatic nitrogens is 2. The van der Waals surface area contributed by atoms with Crippen LogP contribution in [-0.2, 0) is 10.5 Å². The molecule has 0 bridgehead atoms. The summed E-state index contributed by atoms with van der Waals surface area (Å²) in [6.45, 7) is 2.00. The van der Waals surface area contributed by atoms with Crippen LogP contribution in [0.2, 0.25) is 0 Å². The molecule has 1 N–H and O–H groups in total. The Morgan fingerprint density at radius 1 is 1.31 bits per heavy atom. The summed E-state index contributed by atoms with van der Waals surface area (Å²) in [4.78, 5) is 23.4. The zero-order valence-corrected chi connectivity index (χ0v) is 16.4. The zero-order chi connectivity index (χ0) is 18.5. The number of carbonyl (C=O) groups excluding carboxylic acids is 1. The van der Waals surface area contributed by atoms with Crippen molar-refractivity contribution in [1.29, 1.82) is 0 Å². The van der Waals surface area contributed by atoms with E-state index in [1.807, 2.05) is 12.3 Å². The standard InChI is InChI=1S/C16H15N3O4S3/c1-3-22-14(21)17-10-4-5-11-9(6-13(20)23-12(11)7-10)8-25-16-19-18-15(24-2)26-16/h4-7H,3,8H2,1-2H3,(H,17,21). The van der Waals surface area contributed by atoms with Gasteiger partial charge < -0.3 is 9.15 Å². The topological polar surface area (TPSA) is 94.3 Å². The first-order valence-electron chi connectivity index (χ1n) is 7.60. The van der Waals surface area contributed by atoms with E-state index in [-0.39, 0.29) is 6.61 Å². The number of hydrogen-bond donors (Lipinski definition) is 1. The van der Waals surface area contributed by atoms with Gasteiger partial charge >= 0.3 is 11.7 Å². The molecule has 0 aliphatic carbocycles. The largest absolute Gasteiger partial charge is 0.450 e. The number of amides is 1. The number of anilines is 1. The first kappa shape index (κ1) is 18.7. The van der Waals surface area contributed by atoms with Crippen LogP contribution >= 0.6 is 34.9 Å². The maximum Gasteiger partial charge on any atom is 0.411 e. The van der Waals surface area contributed by atoms with Crippen LogP contribution < -0.4 is 10.9 Å². The van der Waals surface area contributed by atoms with E-state index in [4.69, 9.17) is 9.15 Å². The molecule has 0 radical (unpaired) electrons. The van der Waals surface area contributed by atoms with Crippen molar-refractivity contribution < 1.29 is 13.9 Å². The lowest BCUT2D eigenvalue weighted by Crippen LogP contribution is -2.13. The lowest BCUT2D eigenvalue weighted by atomic mass is 10.1. The molecule has 3 aromatic rings. The molecule has 7 nitrogen and oxygen atoms in total. The molecule has 1 amide bonds. The quantitative estimate of drug-likeness (QED) is 0.477.